The van der Waals surface area contributed by atoms with Crippen LogP contribution in [0.2, 0.25) is 6.32 Å². The summed E-state index contributed by atoms with van der Waals surface area (Å²) in [6, 6.07) is 39.1. The lowest BCUT2D eigenvalue weighted by molar-refractivity contribution is -0.122. The number of carbonyl (C=O) groups is 2. The maximum Gasteiger partial charge on any atom is 0.455 e. The Morgan fingerprint density at radius 1 is 0.830 bits per heavy atom. The van der Waals surface area contributed by atoms with E-state index in [2.05, 4.69) is 30.4 Å². The van der Waals surface area contributed by atoms with Gasteiger partial charge in [-0.15, -0.1) is 0 Å². The highest BCUT2D eigenvalue weighted by Gasteiger charge is 2.57. The van der Waals surface area contributed by atoms with Crippen LogP contribution in [0.1, 0.15) is 50.2 Å². The van der Waals surface area contributed by atoms with E-state index in [0.29, 0.717) is 24.9 Å². The van der Waals surface area contributed by atoms with E-state index in [1.54, 1.807) is 6.07 Å². The first kappa shape index (κ1) is 34.6. The number of aromatic hydroxyl groups is 1. The average molecular weight is 703 g/mol. The number of anilines is 3. The molecule has 2 heterocycles. The number of fused-ring (bicyclic) bond motifs is 4. The molecule has 5 aromatic rings. The summed E-state index contributed by atoms with van der Waals surface area (Å²) < 4.78 is 6.36. The summed E-state index contributed by atoms with van der Waals surface area (Å²) in [7, 11) is -1.04. The van der Waals surface area contributed by atoms with Gasteiger partial charge in [-0.3, -0.25) is 14.5 Å². The molecular weight excluding hydrogens is 659 g/mol. The molecule has 7 nitrogen and oxygen atoms in total. The lowest BCUT2D eigenvalue weighted by Gasteiger charge is -2.43. The summed E-state index contributed by atoms with van der Waals surface area (Å²) in [6.45, 7) is 2.14. The van der Waals surface area contributed by atoms with Gasteiger partial charge < -0.3 is 20.1 Å². The van der Waals surface area contributed by atoms with Crippen LogP contribution in [0.5, 0.6) is 5.75 Å². The third-order valence-corrected chi connectivity index (χ3v) is 11.1. The van der Waals surface area contributed by atoms with Crippen molar-refractivity contribution in [3.05, 3.63) is 144 Å². The van der Waals surface area contributed by atoms with E-state index >= 15 is 0 Å². The first-order valence-corrected chi connectivity index (χ1v) is 18.7. The molecule has 5 aromatic carbocycles. The molecular formula is C45H43BN2O5. The van der Waals surface area contributed by atoms with Gasteiger partial charge in [-0.1, -0.05) is 104 Å². The van der Waals surface area contributed by atoms with Crippen molar-refractivity contribution in [1.82, 2.24) is 0 Å². The molecule has 0 saturated carbocycles. The van der Waals surface area contributed by atoms with Crippen LogP contribution in [0.25, 0.3) is 22.4 Å². The number of hydrogen-bond donors (Lipinski definition) is 3. The number of phenols is 1. The van der Waals surface area contributed by atoms with Gasteiger partial charge in [0.2, 0.25) is 11.8 Å². The van der Waals surface area contributed by atoms with E-state index in [-0.39, 0.29) is 29.8 Å². The lowest BCUT2D eigenvalue weighted by Crippen LogP contribution is -2.46. The van der Waals surface area contributed by atoms with Gasteiger partial charge >= 0.3 is 7.12 Å². The normalized spacial score (nSPS) is 21.6. The fraction of sp³-hybridized carbons (Fsp3) is 0.244. The summed E-state index contributed by atoms with van der Waals surface area (Å²) in [5.41, 5.74) is 7.87. The SMILES string of the molecule is CCCC1=C2[C@@H](CC/C(=C/c3ccc(O)c4ccccc34)c3ccccc3)OB(O)C[C@@H]2[C@@H]2C(=O)N(c3ccc(Nc4ccccc4)cc3)C(=O)[C@@H]2C1. The minimum Gasteiger partial charge on any atom is -0.507 e. The van der Waals surface area contributed by atoms with Crippen molar-refractivity contribution in [3.8, 4) is 5.75 Å². The van der Waals surface area contributed by atoms with Crippen LogP contribution in [-0.2, 0) is 14.2 Å². The minimum atomic E-state index is -1.04. The van der Waals surface area contributed by atoms with E-state index in [4.69, 9.17) is 4.65 Å². The molecule has 3 aliphatic rings. The zero-order valence-electron chi connectivity index (χ0n) is 29.8. The highest BCUT2D eigenvalue weighted by molar-refractivity contribution is 6.43. The van der Waals surface area contributed by atoms with Crippen LogP contribution in [0, 0.1) is 17.8 Å². The second-order valence-electron chi connectivity index (χ2n) is 14.4. The summed E-state index contributed by atoms with van der Waals surface area (Å²) in [4.78, 5) is 29.9. The zero-order chi connectivity index (χ0) is 36.5. The Labute approximate surface area is 310 Å². The first-order chi connectivity index (χ1) is 25.9. The molecule has 3 N–H and O–H groups in total. The number of para-hydroxylation sites is 1. The van der Waals surface area contributed by atoms with Gasteiger partial charge in [0, 0.05) is 16.8 Å². The predicted octanol–water partition coefficient (Wildman–Crippen LogP) is 9.41. The van der Waals surface area contributed by atoms with Gasteiger partial charge in [-0.2, -0.15) is 0 Å². The highest BCUT2D eigenvalue weighted by Crippen LogP contribution is 2.52. The molecule has 2 saturated heterocycles. The van der Waals surface area contributed by atoms with Crippen molar-refractivity contribution in [2.24, 2.45) is 17.8 Å². The van der Waals surface area contributed by atoms with E-state index in [1.807, 2.05) is 103 Å². The number of rotatable bonds is 10. The third kappa shape index (κ3) is 6.81. The fourth-order valence-electron chi connectivity index (χ4n) is 8.80. The fourth-order valence-corrected chi connectivity index (χ4v) is 8.80. The number of hydrogen-bond acceptors (Lipinski definition) is 6. The van der Waals surface area contributed by atoms with Gasteiger partial charge in [-0.05, 0) is 108 Å². The van der Waals surface area contributed by atoms with E-state index < -0.39 is 25.1 Å². The van der Waals surface area contributed by atoms with Crippen molar-refractivity contribution >= 4 is 58.4 Å². The number of nitrogens with zero attached hydrogens (tertiary/aromatic N) is 1. The average Bonchev–Trinajstić information content (AvgIpc) is 3.43. The Balaban J connectivity index is 1.09. The summed E-state index contributed by atoms with van der Waals surface area (Å²) in [6.07, 6.45) is 5.58. The highest BCUT2D eigenvalue weighted by atomic mass is 16.5. The summed E-state index contributed by atoms with van der Waals surface area (Å²) in [5, 5.41) is 26.9. The van der Waals surface area contributed by atoms with Gasteiger partial charge in [0.15, 0.2) is 0 Å². The number of allylic oxidation sites excluding steroid dienone is 2. The summed E-state index contributed by atoms with van der Waals surface area (Å²) in [5.74, 6) is -1.41. The number of nitrogens with one attached hydrogen (secondary N) is 1. The van der Waals surface area contributed by atoms with Crippen molar-refractivity contribution < 1.29 is 24.4 Å². The molecule has 1 aliphatic carbocycles. The van der Waals surface area contributed by atoms with E-state index in [9.17, 15) is 19.7 Å². The molecule has 0 radical (unpaired) electrons. The Kier molecular flexibility index (Phi) is 9.73. The maximum atomic E-state index is 14.4. The minimum absolute atomic E-state index is 0.163. The Morgan fingerprint density at radius 3 is 2.25 bits per heavy atom. The monoisotopic (exact) mass is 702 g/mol. The molecule has 8 rings (SSSR count). The predicted molar refractivity (Wildman–Crippen MR) is 212 cm³/mol. The Hall–Kier alpha value is -5.44. The van der Waals surface area contributed by atoms with Gasteiger partial charge in [0.05, 0.1) is 23.6 Å². The Morgan fingerprint density at radius 2 is 1.51 bits per heavy atom. The first-order valence-electron chi connectivity index (χ1n) is 18.7. The molecule has 2 amide bonds. The molecule has 2 aliphatic heterocycles. The van der Waals surface area contributed by atoms with Gasteiger partial charge in [-0.25, -0.2) is 0 Å². The molecule has 0 spiro atoms. The van der Waals surface area contributed by atoms with Crippen LogP contribution in [0.15, 0.2) is 132 Å². The maximum absolute atomic E-state index is 14.4. The lowest BCUT2D eigenvalue weighted by atomic mass is 9.58. The molecule has 0 unspecified atom stereocenters. The third-order valence-electron chi connectivity index (χ3n) is 11.1. The van der Waals surface area contributed by atoms with Crippen LogP contribution in [0.4, 0.5) is 17.1 Å². The number of amides is 2. The molecule has 0 aromatic heterocycles. The number of carbonyl (C=O) groups excluding carboxylic acids is 2. The van der Waals surface area contributed by atoms with Crippen LogP contribution >= 0.6 is 0 Å². The Bertz CT molecular complexity index is 2200. The van der Waals surface area contributed by atoms with E-state index in [1.165, 1.54) is 10.5 Å². The molecule has 266 valence electrons. The van der Waals surface area contributed by atoms with Gasteiger partial charge in [0.25, 0.3) is 0 Å². The smallest absolute Gasteiger partial charge is 0.455 e. The molecule has 53 heavy (non-hydrogen) atoms. The summed E-state index contributed by atoms with van der Waals surface area (Å²) >= 11 is 0. The molecule has 0 bridgehead atoms. The van der Waals surface area contributed by atoms with Crippen LogP contribution in [0.3, 0.4) is 0 Å². The van der Waals surface area contributed by atoms with Crippen LogP contribution < -0.4 is 10.2 Å². The van der Waals surface area contributed by atoms with Crippen molar-refractivity contribution in [3.63, 3.8) is 0 Å². The molecule has 8 heteroatoms. The second-order valence-corrected chi connectivity index (χ2v) is 14.4. The zero-order valence-corrected chi connectivity index (χ0v) is 29.8. The topological polar surface area (TPSA) is 99.1 Å². The number of imide groups is 1. The van der Waals surface area contributed by atoms with Crippen molar-refractivity contribution in [2.45, 2.75) is 51.5 Å². The van der Waals surface area contributed by atoms with E-state index in [0.717, 1.165) is 57.3 Å². The number of phenolic OH excluding ortho intramolecular Hbond substituents is 1. The molecule has 2 fully saturated rings. The van der Waals surface area contributed by atoms with Gasteiger partial charge in [0.1, 0.15) is 5.75 Å². The number of benzene rings is 5. The van der Waals surface area contributed by atoms with Crippen LogP contribution in [-0.4, -0.2) is 35.2 Å². The largest absolute Gasteiger partial charge is 0.507 e. The molecule has 4 atom stereocenters. The second kappa shape index (κ2) is 14.9. The van der Waals surface area contributed by atoms with Crippen molar-refractivity contribution in [2.75, 3.05) is 10.2 Å². The quantitative estimate of drug-likeness (QED) is 0.0581. The van der Waals surface area contributed by atoms with Crippen molar-refractivity contribution in [1.29, 1.82) is 0 Å². The standard InChI is InChI=1S/C45H43BN2O5/c1-2-11-32-27-38-43(45(51)48(44(38)50)35-22-20-34(21-23-35)47-33-14-7-4-8-15-33)39-28-46(52)53-41(42(32)39)25-19-30(29-12-5-3-6-13-29)26-31-18-24-40(49)37-17-10-9-16-36(31)37/h3-10,12-18,20-24,26,38-39,41,43,47,49,52H,2,11,19,25,27-28H2,1H3/b30-26-/t38-,39+,41-,43-/m1/s1.